The lowest BCUT2D eigenvalue weighted by Gasteiger charge is -2.21. The van der Waals surface area contributed by atoms with Crippen LogP contribution in [0.4, 0.5) is 11.5 Å². The van der Waals surface area contributed by atoms with Gasteiger partial charge in [-0.2, -0.15) is 14.6 Å². The van der Waals surface area contributed by atoms with Crippen molar-refractivity contribution in [1.29, 1.82) is 0 Å². The summed E-state index contributed by atoms with van der Waals surface area (Å²) >= 11 is 0. The molecule has 1 aromatic carbocycles. The molecule has 0 bridgehead atoms. The Balaban J connectivity index is 1.66. The maximum absolute atomic E-state index is 4.65. The predicted octanol–water partition coefficient (Wildman–Crippen LogP) is 3.24. The van der Waals surface area contributed by atoms with Gasteiger partial charge < -0.3 is 5.32 Å². The summed E-state index contributed by atoms with van der Waals surface area (Å²) < 4.78 is 1.85. The zero-order valence-electron chi connectivity index (χ0n) is 13.0. The molecule has 2 heterocycles. The van der Waals surface area contributed by atoms with Crippen LogP contribution in [0.2, 0.25) is 0 Å². The highest BCUT2D eigenvalue weighted by Crippen LogP contribution is 2.33. The number of benzene rings is 1. The van der Waals surface area contributed by atoms with Gasteiger partial charge >= 0.3 is 0 Å². The van der Waals surface area contributed by atoms with E-state index in [4.69, 9.17) is 0 Å². The number of hydrogen-bond donors (Lipinski definition) is 1. The standard InChI is InChI=1S/C18H19N5/c1-2-7-13-12(5-1)6-3-9-15(13)21-17-14-8-4-10-16(14)22-18-19-11-20-23(17)18/h3,6,9,11,21H,1-2,4-5,7-8,10H2. The van der Waals surface area contributed by atoms with Crippen LogP contribution < -0.4 is 5.32 Å². The molecular weight excluding hydrogens is 286 g/mol. The Kier molecular flexibility index (Phi) is 2.86. The fourth-order valence-electron chi connectivity index (χ4n) is 3.98. The molecule has 2 aromatic heterocycles. The molecule has 5 rings (SSSR count). The van der Waals surface area contributed by atoms with Gasteiger partial charge in [-0.1, -0.05) is 12.1 Å². The number of nitrogens with zero attached hydrogens (tertiary/aromatic N) is 4. The molecule has 1 N–H and O–H groups in total. The van der Waals surface area contributed by atoms with Crippen LogP contribution in [-0.4, -0.2) is 19.6 Å². The van der Waals surface area contributed by atoms with Crippen LogP contribution in [0.1, 0.15) is 41.6 Å². The molecule has 0 saturated carbocycles. The molecule has 0 atom stereocenters. The molecule has 2 aliphatic rings. The summed E-state index contributed by atoms with van der Waals surface area (Å²) in [6.07, 6.45) is 9.79. The van der Waals surface area contributed by atoms with E-state index in [-0.39, 0.29) is 0 Å². The number of rotatable bonds is 2. The highest BCUT2D eigenvalue weighted by atomic mass is 15.4. The van der Waals surface area contributed by atoms with E-state index in [1.54, 1.807) is 6.33 Å². The number of fused-ring (bicyclic) bond motifs is 3. The van der Waals surface area contributed by atoms with E-state index in [1.165, 1.54) is 47.3 Å². The van der Waals surface area contributed by atoms with Crippen molar-refractivity contribution >= 4 is 17.3 Å². The monoisotopic (exact) mass is 305 g/mol. The van der Waals surface area contributed by atoms with Crippen LogP contribution in [0.5, 0.6) is 0 Å². The highest BCUT2D eigenvalue weighted by Gasteiger charge is 2.22. The van der Waals surface area contributed by atoms with Crippen molar-refractivity contribution in [2.45, 2.75) is 44.9 Å². The Bertz CT molecular complexity index is 896. The molecule has 0 aliphatic heterocycles. The second-order valence-corrected chi connectivity index (χ2v) is 6.49. The minimum Gasteiger partial charge on any atom is -0.340 e. The molecule has 0 saturated heterocycles. The summed E-state index contributed by atoms with van der Waals surface area (Å²) in [5.41, 5.74) is 6.66. The average molecular weight is 305 g/mol. The minimum atomic E-state index is 0.693. The first-order chi connectivity index (χ1) is 11.4. The summed E-state index contributed by atoms with van der Waals surface area (Å²) in [6.45, 7) is 0. The van der Waals surface area contributed by atoms with Crippen LogP contribution in [-0.2, 0) is 25.7 Å². The van der Waals surface area contributed by atoms with Crippen LogP contribution in [0.3, 0.4) is 0 Å². The third-order valence-corrected chi connectivity index (χ3v) is 5.10. The minimum absolute atomic E-state index is 0.693. The fraction of sp³-hybridized carbons (Fsp3) is 0.389. The van der Waals surface area contributed by atoms with E-state index in [0.29, 0.717) is 5.78 Å². The van der Waals surface area contributed by atoms with Gasteiger partial charge in [0.2, 0.25) is 0 Å². The zero-order valence-corrected chi connectivity index (χ0v) is 13.0. The van der Waals surface area contributed by atoms with Gasteiger partial charge in [0.25, 0.3) is 5.78 Å². The van der Waals surface area contributed by atoms with Crippen molar-refractivity contribution in [3.63, 3.8) is 0 Å². The molecule has 3 aromatic rings. The molecule has 0 fully saturated rings. The molecule has 2 aliphatic carbocycles. The van der Waals surface area contributed by atoms with Crippen LogP contribution in [0.25, 0.3) is 5.78 Å². The van der Waals surface area contributed by atoms with Crippen molar-refractivity contribution in [2.24, 2.45) is 0 Å². The van der Waals surface area contributed by atoms with Gasteiger partial charge in [-0.15, -0.1) is 0 Å². The maximum atomic E-state index is 4.65. The molecule has 0 spiro atoms. The van der Waals surface area contributed by atoms with Gasteiger partial charge in [-0.3, -0.25) is 0 Å². The number of anilines is 2. The third-order valence-electron chi connectivity index (χ3n) is 5.10. The quantitative estimate of drug-likeness (QED) is 0.789. The summed E-state index contributed by atoms with van der Waals surface area (Å²) in [4.78, 5) is 8.94. The largest absolute Gasteiger partial charge is 0.340 e. The number of aromatic nitrogens is 4. The summed E-state index contributed by atoms with van der Waals surface area (Å²) in [6, 6.07) is 6.61. The van der Waals surface area contributed by atoms with Crippen molar-refractivity contribution in [2.75, 3.05) is 5.32 Å². The lowest BCUT2D eigenvalue weighted by Crippen LogP contribution is -2.10. The highest BCUT2D eigenvalue weighted by molar-refractivity contribution is 5.67. The number of nitrogens with one attached hydrogen (secondary N) is 1. The SMILES string of the molecule is c1cc2c(c(Nc3c4c(nc5ncnn35)CCC4)c1)CCCC2. The molecule has 5 nitrogen and oxygen atoms in total. The van der Waals surface area contributed by atoms with E-state index >= 15 is 0 Å². The van der Waals surface area contributed by atoms with Gasteiger partial charge in [0.1, 0.15) is 12.1 Å². The maximum Gasteiger partial charge on any atom is 0.254 e. The fourth-order valence-corrected chi connectivity index (χ4v) is 3.98. The number of aryl methyl sites for hydroxylation is 2. The Morgan fingerprint density at radius 2 is 1.87 bits per heavy atom. The Labute approximate surface area is 134 Å². The van der Waals surface area contributed by atoms with Gasteiger partial charge in [0, 0.05) is 11.3 Å². The molecule has 5 heteroatoms. The zero-order chi connectivity index (χ0) is 15.2. The smallest absolute Gasteiger partial charge is 0.254 e. The Morgan fingerprint density at radius 3 is 2.87 bits per heavy atom. The van der Waals surface area contributed by atoms with E-state index in [0.717, 1.165) is 31.5 Å². The summed E-state index contributed by atoms with van der Waals surface area (Å²) in [7, 11) is 0. The lowest BCUT2D eigenvalue weighted by molar-refractivity contribution is 0.687. The predicted molar refractivity (Wildman–Crippen MR) is 89.2 cm³/mol. The van der Waals surface area contributed by atoms with E-state index < -0.39 is 0 Å². The van der Waals surface area contributed by atoms with Crippen LogP contribution in [0.15, 0.2) is 24.5 Å². The lowest BCUT2D eigenvalue weighted by atomic mass is 9.90. The topological polar surface area (TPSA) is 55.1 Å². The van der Waals surface area contributed by atoms with Gasteiger partial charge in [0.15, 0.2) is 0 Å². The third kappa shape index (κ3) is 2.03. The molecule has 0 unspecified atom stereocenters. The molecule has 0 amide bonds. The molecule has 23 heavy (non-hydrogen) atoms. The van der Waals surface area contributed by atoms with E-state index in [2.05, 4.69) is 38.6 Å². The number of hydrogen-bond acceptors (Lipinski definition) is 4. The van der Waals surface area contributed by atoms with Crippen molar-refractivity contribution in [1.82, 2.24) is 19.6 Å². The van der Waals surface area contributed by atoms with E-state index in [9.17, 15) is 0 Å². The van der Waals surface area contributed by atoms with Crippen molar-refractivity contribution < 1.29 is 0 Å². The first kappa shape index (κ1) is 13.0. The van der Waals surface area contributed by atoms with Crippen LogP contribution in [0, 0.1) is 0 Å². The van der Waals surface area contributed by atoms with Gasteiger partial charge in [0.05, 0.1) is 5.69 Å². The average Bonchev–Trinajstić information content (AvgIpc) is 3.23. The van der Waals surface area contributed by atoms with Crippen molar-refractivity contribution in [3.8, 4) is 0 Å². The normalized spacial score (nSPS) is 16.3. The van der Waals surface area contributed by atoms with Gasteiger partial charge in [-0.25, -0.2) is 4.98 Å². The van der Waals surface area contributed by atoms with Crippen molar-refractivity contribution in [3.05, 3.63) is 46.9 Å². The first-order valence-corrected chi connectivity index (χ1v) is 8.49. The molecule has 0 radical (unpaired) electrons. The van der Waals surface area contributed by atoms with Crippen LogP contribution >= 0.6 is 0 Å². The van der Waals surface area contributed by atoms with E-state index in [1.807, 2.05) is 4.52 Å². The second-order valence-electron chi connectivity index (χ2n) is 6.49. The molecular formula is C18H19N5. The molecule has 116 valence electrons. The Morgan fingerprint density at radius 1 is 0.957 bits per heavy atom. The summed E-state index contributed by atoms with van der Waals surface area (Å²) in [5.74, 6) is 1.75. The first-order valence-electron chi connectivity index (χ1n) is 8.49. The summed E-state index contributed by atoms with van der Waals surface area (Å²) in [5, 5.41) is 8.07. The second kappa shape index (κ2) is 5.05. The van der Waals surface area contributed by atoms with Gasteiger partial charge in [-0.05, 0) is 62.1 Å². The Hall–Kier alpha value is -2.43.